The molecule has 122 valence electrons. The van der Waals surface area contributed by atoms with E-state index in [2.05, 4.69) is 11.1 Å². The average Bonchev–Trinajstić information content (AvgIpc) is 2.82. The van der Waals surface area contributed by atoms with Crippen LogP contribution in [0.1, 0.15) is 50.8 Å². The molecule has 6 nitrogen and oxygen atoms in total. The van der Waals surface area contributed by atoms with E-state index in [9.17, 15) is 10.1 Å². The predicted octanol–water partition coefficient (Wildman–Crippen LogP) is 2.22. The Hall–Kier alpha value is -2.34. The SMILES string of the molecule is Cc1nc(C#N)c(C#N)n1CC1CCN(C(=O)C(C)(C)C)CC1. The molecule has 23 heavy (non-hydrogen) atoms. The highest BCUT2D eigenvalue weighted by atomic mass is 16.2. The number of carbonyl (C=O) groups excluding carboxylic acids is 1. The highest BCUT2D eigenvalue weighted by Crippen LogP contribution is 2.25. The molecule has 1 saturated heterocycles. The van der Waals surface area contributed by atoms with Gasteiger partial charge in [0, 0.05) is 25.0 Å². The fourth-order valence-corrected chi connectivity index (χ4v) is 3.03. The van der Waals surface area contributed by atoms with Crippen molar-refractivity contribution in [2.24, 2.45) is 11.3 Å². The number of likely N-dealkylation sites (tertiary alicyclic amines) is 1. The van der Waals surface area contributed by atoms with Crippen molar-refractivity contribution in [1.82, 2.24) is 14.5 Å². The summed E-state index contributed by atoms with van der Waals surface area (Å²) in [7, 11) is 0. The van der Waals surface area contributed by atoms with Gasteiger partial charge in [-0.1, -0.05) is 20.8 Å². The molecule has 0 saturated carbocycles. The summed E-state index contributed by atoms with van der Waals surface area (Å²) in [5.74, 6) is 1.29. The molecule has 0 aliphatic carbocycles. The number of aryl methyl sites for hydroxylation is 1. The number of hydrogen-bond acceptors (Lipinski definition) is 4. The van der Waals surface area contributed by atoms with Crippen molar-refractivity contribution in [3.63, 3.8) is 0 Å². The van der Waals surface area contributed by atoms with Gasteiger partial charge in [-0.05, 0) is 25.7 Å². The van der Waals surface area contributed by atoms with Crippen LogP contribution in [-0.2, 0) is 11.3 Å². The fraction of sp³-hybridized carbons (Fsp3) is 0.647. The van der Waals surface area contributed by atoms with Crippen molar-refractivity contribution in [1.29, 1.82) is 10.5 Å². The molecule has 1 aromatic heterocycles. The topological polar surface area (TPSA) is 85.7 Å². The van der Waals surface area contributed by atoms with Crippen molar-refractivity contribution >= 4 is 5.91 Å². The standard InChI is InChI=1S/C17H23N5O/c1-12-20-14(9-18)15(10-19)22(12)11-13-5-7-21(8-6-13)16(23)17(2,3)4/h13H,5-8,11H2,1-4H3. The van der Waals surface area contributed by atoms with E-state index in [0.29, 0.717) is 24.0 Å². The molecule has 1 aromatic rings. The van der Waals surface area contributed by atoms with Crippen LogP contribution in [0.4, 0.5) is 0 Å². The Morgan fingerprint density at radius 2 is 1.87 bits per heavy atom. The summed E-state index contributed by atoms with van der Waals surface area (Å²) in [4.78, 5) is 18.4. The van der Waals surface area contributed by atoms with Gasteiger partial charge < -0.3 is 9.47 Å². The average molecular weight is 313 g/mol. The zero-order chi connectivity index (χ0) is 17.2. The molecule has 0 aromatic carbocycles. The first-order valence-electron chi connectivity index (χ1n) is 7.94. The molecule has 1 aliphatic rings. The van der Waals surface area contributed by atoms with Crippen molar-refractivity contribution in [3.05, 3.63) is 17.2 Å². The lowest BCUT2D eigenvalue weighted by Gasteiger charge is -2.36. The summed E-state index contributed by atoms with van der Waals surface area (Å²) in [5.41, 5.74) is 0.201. The van der Waals surface area contributed by atoms with Crippen LogP contribution < -0.4 is 0 Å². The van der Waals surface area contributed by atoms with Gasteiger partial charge in [0.25, 0.3) is 0 Å². The van der Waals surface area contributed by atoms with Crippen LogP contribution in [-0.4, -0.2) is 33.4 Å². The van der Waals surface area contributed by atoms with Gasteiger partial charge in [-0.15, -0.1) is 0 Å². The lowest BCUT2D eigenvalue weighted by molar-refractivity contribution is -0.140. The number of amides is 1. The van der Waals surface area contributed by atoms with E-state index in [1.807, 2.05) is 43.2 Å². The largest absolute Gasteiger partial charge is 0.342 e. The van der Waals surface area contributed by atoms with Crippen LogP contribution in [0.3, 0.4) is 0 Å². The molecule has 0 atom stereocenters. The summed E-state index contributed by atoms with van der Waals surface area (Å²) in [6.07, 6.45) is 1.82. The zero-order valence-corrected chi connectivity index (χ0v) is 14.3. The molecule has 1 aliphatic heterocycles. The molecular formula is C17H23N5O. The number of hydrogen-bond donors (Lipinski definition) is 0. The predicted molar refractivity (Wildman–Crippen MR) is 85.2 cm³/mol. The summed E-state index contributed by atoms with van der Waals surface area (Å²) in [5, 5.41) is 18.3. The van der Waals surface area contributed by atoms with Gasteiger partial charge in [-0.25, -0.2) is 4.98 Å². The van der Waals surface area contributed by atoms with Crippen molar-refractivity contribution in [2.45, 2.75) is 47.1 Å². The molecule has 0 radical (unpaired) electrons. The highest BCUT2D eigenvalue weighted by Gasteiger charge is 2.30. The van der Waals surface area contributed by atoms with Gasteiger partial charge in [0.05, 0.1) is 0 Å². The minimum absolute atomic E-state index is 0.194. The molecule has 0 unspecified atom stereocenters. The van der Waals surface area contributed by atoms with Gasteiger partial charge >= 0.3 is 0 Å². The number of aromatic nitrogens is 2. The quantitative estimate of drug-likeness (QED) is 0.837. The number of nitriles is 2. The van der Waals surface area contributed by atoms with Gasteiger partial charge in [0.1, 0.15) is 18.0 Å². The van der Waals surface area contributed by atoms with E-state index in [1.54, 1.807) is 0 Å². The minimum atomic E-state index is -0.344. The second-order valence-electron chi connectivity index (χ2n) is 7.18. The maximum atomic E-state index is 12.3. The second-order valence-corrected chi connectivity index (χ2v) is 7.18. The van der Waals surface area contributed by atoms with Crippen molar-refractivity contribution in [2.75, 3.05) is 13.1 Å². The Morgan fingerprint density at radius 1 is 1.26 bits per heavy atom. The third kappa shape index (κ3) is 3.53. The van der Waals surface area contributed by atoms with E-state index in [4.69, 9.17) is 5.26 Å². The Balaban J connectivity index is 2.04. The minimum Gasteiger partial charge on any atom is -0.342 e. The molecule has 2 heterocycles. The van der Waals surface area contributed by atoms with Crippen molar-refractivity contribution < 1.29 is 4.79 Å². The first-order valence-corrected chi connectivity index (χ1v) is 7.94. The first-order chi connectivity index (χ1) is 10.8. The third-order valence-corrected chi connectivity index (χ3v) is 4.35. The first kappa shape index (κ1) is 17.0. The van der Waals surface area contributed by atoms with Gasteiger partial charge in [0.2, 0.25) is 5.91 Å². The van der Waals surface area contributed by atoms with E-state index in [-0.39, 0.29) is 17.0 Å². The molecule has 1 fully saturated rings. The van der Waals surface area contributed by atoms with E-state index < -0.39 is 0 Å². The lowest BCUT2D eigenvalue weighted by Crippen LogP contribution is -2.44. The number of piperidine rings is 1. The molecule has 0 bridgehead atoms. The van der Waals surface area contributed by atoms with Crippen LogP contribution in [0.5, 0.6) is 0 Å². The Bertz CT molecular complexity index is 676. The molecule has 2 rings (SSSR count). The Kier molecular flexibility index (Phi) is 4.75. The number of carbonyl (C=O) groups is 1. The lowest BCUT2D eigenvalue weighted by atomic mass is 9.91. The highest BCUT2D eigenvalue weighted by molar-refractivity contribution is 5.81. The summed E-state index contributed by atoms with van der Waals surface area (Å²) >= 11 is 0. The van der Waals surface area contributed by atoms with Gasteiger partial charge in [-0.3, -0.25) is 4.79 Å². The summed E-state index contributed by atoms with van der Waals surface area (Å²) in [6.45, 7) is 9.83. The monoisotopic (exact) mass is 313 g/mol. The maximum Gasteiger partial charge on any atom is 0.227 e. The molecule has 0 N–H and O–H groups in total. The number of nitrogens with zero attached hydrogens (tertiary/aromatic N) is 5. The van der Waals surface area contributed by atoms with Crippen LogP contribution in [0.25, 0.3) is 0 Å². The van der Waals surface area contributed by atoms with Gasteiger partial charge in [-0.2, -0.15) is 10.5 Å². The van der Waals surface area contributed by atoms with E-state index in [1.165, 1.54) is 0 Å². The fourth-order valence-electron chi connectivity index (χ4n) is 3.03. The third-order valence-electron chi connectivity index (χ3n) is 4.35. The number of rotatable bonds is 2. The Morgan fingerprint density at radius 3 is 2.35 bits per heavy atom. The van der Waals surface area contributed by atoms with Crippen LogP contribution in [0, 0.1) is 40.9 Å². The molecule has 0 spiro atoms. The van der Waals surface area contributed by atoms with Crippen LogP contribution >= 0.6 is 0 Å². The second kappa shape index (κ2) is 6.42. The summed E-state index contributed by atoms with van der Waals surface area (Å²) < 4.78 is 1.84. The molecular weight excluding hydrogens is 290 g/mol. The van der Waals surface area contributed by atoms with E-state index in [0.717, 1.165) is 25.9 Å². The number of imidazole rings is 1. The maximum absolute atomic E-state index is 12.3. The molecule has 6 heteroatoms. The smallest absolute Gasteiger partial charge is 0.227 e. The van der Waals surface area contributed by atoms with Gasteiger partial charge in [0.15, 0.2) is 11.4 Å². The zero-order valence-electron chi connectivity index (χ0n) is 14.3. The van der Waals surface area contributed by atoms with Crippen molar-refractivity contribution in [3.8, 4) is 12.1 Å². The van der Waals surface area contributed by atoms with Crippen LogP contribution in [0.15, 0.2) is 0 Å². The van der Waals surface area contributed by atoms with Crippen LogP contribution in [0.2, 0.25) is 0 Å². The van der Waals surface area contributed by atoms with E-state index >= 15 is 0 Å². The normalized spacial score (nSPS) is 16.0. The Labute approximate surface area is 137 Å². The summed E-state index contributed by atoms with van der Waals surface area (Å²) in [6, 6.07) is 4.06. The molecule has 1 amide bonds.